The number of hydrogen-bond donors (Lipinski definition) is 1. The second-order valence-corrected chi connectivity index (χ2v) is 6.26. The molecule has 1 heterocycles. The second kappa shape index (κ2) is 6.91. The van der Waals surface area contributed by atoms with Gasteiger partial charge in [-0.3, -0.25) is 4.90 Å². The third-order valence-corrected chi connectivity index (χ3v) is 5.64. The molecular formula is C16H34N2. The van der Waals surface area contributed by atoms with Gasteiger partial charge in [-0.1, -0.05) is 40.5 Å². The third-order valence-electron chi connectivity index (χ3n) is 5.64. The summed E-state index contributed by atoms with van der Waals surface area (Å²) in [5.74, 6) is 0. The van der Waals surface area contributed by atoms with Crippen LogP contribution in [0.1, 0.15) is 72.6 Å². The normalized spacial score (nSPS) is 23.2. The van der Waals surface area contributed by atoms with E-state index in [-0.39, 0.29) is 5.54 Å². The van der Waals surface area contributed by atoms with Crippen LogP contribution in [0.3, 0.4) is 0 Å². The number of nitrogens with zero attached hydrogens (tertiary/aromatic N) is 1. The lowest BCUT2D eigenvalue weighted by Crippen LogP contribution is -2.53. The molecule has 0 aromatic carbocycles. The topological polar surface area (TPSA) is 29.3 Å². The van der Waals surface area contributed by atoms with Crippen LogP contribution in [0.25, 0.3) is 0 Å². The van der Waals surface area contributed by atoms with Crippen molar-refractivity contribution in [3.8, 4) is 0 Å². The van der Waals surface area contributed by atoms with E-state index in [1.165, 1.54) is 58.0 Å². The van der Waals surface area contributed by atoms with E-state index in [2.05, 4.69) is 32.6 Å². The molecule has 1 rings (SSSR count). The molecule has 0 aromatic rings. The fourth-order valence-corrected chi connectivity index (χ4v) is 3.61. The van der Waals surface area contributed by atoms with Crippen molar-refractivity contribution in [1.82, 2.24) is 4.90 Å². The second-order valence-electron chi connectivity index (χ2n) is 6.26. The summed E-state index contributed by atoms with van der Waals surface area (Å²) in [6.45, 7) is 12.7. The van der Waals surface area contributed by atoms with Crippen molar-refractivity contribution in [1.29, 1.82) is 0 Å². The Labute approximate surface area is 114 Å². The van der Waals surface area contributed by atoms with Crippen LogP contribution in [0.5, 0.6) is 0 Å². The first kappa shape index (κ1) is 16.0. The van der Waals surface area contributed by atoms with Crippen molar-refractivity contribution in [2.75, 3.05) is 19.6 Å². The largest absolute Gasteiger partial charge is 0.329 e. The van der Waals surface area contributed by atoms with E-state index in [0.717, 1.165) is 6.54 Å². The number of unbranched alkanes of at least 4 members (excludes halogenated alkanes) is 1. The Morgan fingerprint density at radius 3 is 2.22 bits per heavy atom. The molecule has 2 heteroatoms. The fraction of sp³-hybridized carbons (Fsp3) is 1.00. The first-order chi connectivity index (χ1) is 8.62. The smallest absolute Gasteiger partial charge is 0.0329 e. The minimum Gasteiger partial charge on any atom is -0.329 e. The monoisotopic (exact) mass is 254 g/mol. The van der Waals surface area contributed by atoms with E-state index in [0.29, 0.717) is 5.41 Å². The highest BCUT2D eigenvalue weighted by Gasteiger charge is 2.43. The Morgan fingerprint density at radius 2 is 1.83 bits per heavy atom. The Bertz CT molecular complexity index is 229. The zero-order valence-electron chi connectivity index (χ0n) is 13.1. The third kappa shape index (κ3) is 3.08. The van der Waals surface area contributed by atoms with Crippen molar-refractivity contribution in [2.24, 2.45) is 11.1 Å². The zero-order chi connectivity index (χ0) is 13.6. The maximum absolute atomic E-state index is 6.17. The van der Waals surface area contributed by atoms with Gasteiger partial charge in [-0.25, -0.2) is 0 Å². The highest BCUT2D eigenvalue weighted by Crippen LogP contribution is 2.41. The molecule has 1 aliphatic rings. The lowest BCUT2D eigenvalue weighted by atomic mass is 9.81. The molecule has 1 atom stereocenters. The summed E-state index contributed by atoms with van der Waals surface area (Å²) in [5.41, 5.74) is 7.02. The fourth-order valence-electron chi connectivity index (χ4n) is 3.61. The Kier molecular flexibility index (Phi) is 6.13. The molecule has 18 heavy (non-hydrogen) atoms. The SMILES string of the molecule is CCCCC(CC)(CN)N1CCC(CC)(CC)C1. The molecule has 0 aromatic heterocycles. The van der Waals surface area contributed by atoms with Gasteiger partial charge in [0.15, 0.2) is 0 Å². The number of nitrogens with two attached hydrogens (primary N) is 1. The highest BCUT2D eigenvalue weighted by atomic mass is 15.2. The van der Waals surface area contributed by atoms with Gasteiger partial charge < -0.3 is 5.73 Å². The van der Waals surface area contributed by atoms with Crippen LogP contribution in [0.4, 0.5) is 0 Å². The van der Waals surface area contributed by atoms with E-state index >= 15 is 0 Å². The zero-order valence-corrected chi connectivity index (χ0v) is 13.1. The van der Waals surface area contributed by atoms with Gasteiger partial charge in [0.05, 0.1) is 0 Å². The van der Waals surface area contributed by atoms with Crippen molar-refractivity contribution in [3.63, 3.8) is 0 Å². The van der Waals surface area contributed by atoms with Gasteiger partial charge in [-0.15, -0.1) is 0 Å². The van der Waals surface area contributed by atoms with Crippen molar-refractivity contribution >= 4 is 0 Å². The molecule has 1 aliphatic heterocycles. The minimum atomic E-state index is 0.280. The number of rotatable bonds is 8. The summed E-state index contributed by atoms with van der Waals surface area (Å²) in [7, 11) is 0. The van der Waals surface area contributed by atoms with Crippen LogP contribution in [-0.2, 0) is 0 Å². The highest BCUT2D eigenvalue weighted by molar-refractivity contribution is 4.98. The molecule has 1 fully saturated rings. The van der Waals surface area contributed by atoms with E-state index in [9.17, 15) is 0 Å². The van der Waals surface area contributed by atoms with Gasteiger partial charge in [-0.2, -0.15) is 0 Å². The van der Waals surface area contributed by atoms with Crippen molar-refractivity contribution < 1.29 is 0 Å². The van der Waals surface area contributed by atoms with E-state index in [1.807, 2.05) is 0 Å². The number of likely N-dealkylation sites (tertiary alicyclic amines) is 1. The Hall–Kier alpha value is -0.0800. The van der Waals surface area contributed by atoms with Crippen molar-refractivity contribution in [3.05, 3.63) is 0 Å². The van der Waals surface area contributed by atoms with Gasteiger partial charge in [0.25, 0.3) is 0 Å². The Morgan fingerprint density at radius 1 is 1.17 bits per heavy atom. The van der Waals surface area contributed by atoms with E-state index in [1.54, 1.807) is 0 Å². The lowest BCUT2D eigenvalue weighted by Gasteiger charge is -2.42. The van der Waals surface area contributed by atoms with Gasteiger partial charge in [0.1, 0.15) is 0 Å². The van der Waals surface area contributed by atoms with E-state index in [4.69, 9.17) is 5.73 Å². The molecule has 0 spiro atoms. The van der Waals surface area contributed by atoms with Crippen LogP contribution in [0.15, 0.2) is 0 Å². The first-order valence-corrected chi connectivity index (χ1v) is 8.07. The maximum atomic E-state index is 6.17. The summed E-state index contributed by atoms with van der Waals surface area (Å²) in [4.78, 5) is 2.73. The first-order valence-electron chi connectivity index (χ1n) is 8.07. The van der Waals surface area contributed by atoms with Gasteiger partial charge in [0, 0.05) is 18.6 Å². The summed E-state index contributed by atoms with van der Waals surface area (Å²) in [6.07, 6.45) is 9.08. The molecule has 0 aliphatic carbocycles. The molecular weight excluding hydrogens is 220 g/mol. The predicted molar refractivity (Wildman–Crippen MR) is 80.8 cm³/mol. The average molecular weight is 254 g/mol. The average Bonchev–Trinajstić information content (AvgIpc) is 2.86. The number of hydrogen-bond acceptors (Lipinski definition) is 2. The lowest BCUT2D eigenvalue weighted by molar-refractivity contribution is 0.0874. The quantitative estimate of drug-likeness (QED) is 0.714. The predicted octanol–water partition coefficient (Wildman–Crippen LogP) is 3.80. The minimum absolute atomic E-state index is 0.280. The van der Waals surface area contributed by atoms with Crippen LogP contribution in [-0.4, -0.2) is 30.1 Å². The standard InChI is InChI=1S/C16H34N2/c1-5-9-10-16(8-4,13-17)18-12-11-15(6-2,7-3)14-18/h5-14,17H2,1-4H3. The van der Waals surface area contributed by atoms with Crippen LogP contribution < -0.4 is 5.73 Å². The molecule has 0 radical (unpaired) electrons. The van der Waals surface area contributed by atoms with Crippen molar-refractivity contribution in [2.45, 2.75) is 78.2 Å². The summed E-state index contributed by atoms with van der Waals surface area (Å²) in [5, 5.41) is 0. The van der Waals surface area contributed by atoms with Gasteiger partial charge in [0.2, 0.25) is 0 Å². The summed E-state index contributed by atoms with van der Waals surface area (Å²) < 4.78 is 0. The van der Waals surface area contributed by atoms with Crippen LogP contribution >= 0.6 is 0 Å². The van der Waals surface area contributed by atoms with E-state index < -0.39 is 0 Å². The molecule has 0 saturated carbocycles. The molecule has 1 unspecified atom stereocenters. The molecule has 108 valence electrons. The summed E-state index contributed by atoms with van der Waals surface area (Å²) >= 11 is 0. The Balaban J connectivity index is 2.76. The molecule has 1 saturated heterocycles. The molecule has 2 nitrogen and oxygen atoms in total. The van der Waals surface area contributed by atoms with Crippen LogP contribution in [0.2, 0.25) is 0 Å². The molecule has 2 N–H and O–H groups in total. The maximum Gasteiger partial charge on any atom is 0.0329 e. The van der Waals surface area contributed by atoms with Gasteiger partial charge in [-0.05, 0) is 44.1 Å². The summed E-state index contributed by atoms with van der Waals surface area (Å²) in [6, 6.07) is 0. The molecule has 0 bridgehead atoms. The molecule has 0 amide bonds. The van der Waals surface area contributed by atoms with Gasteiger partial charge >= 0.3 is 0 Å². The van der Waals surface area contributed by atoms with Crippen LogP contribution in [0, 0.1) is 5.41 Å².